The third-order valence-electron chi connectivity index (χ3n) is 4.15. The SMILES string of the molecule is O=C(O)c1ccc(Cn2ccnc2CC2CCS(=O)(=O)C2)cc1. The minimum atomic E-state index is -2.88. The van der Waals surface area contributed by atoms with Crippen LogP contribution in [0.2, 0.25) is 0 Å². The van der Waals surface area contributed by atoms with Crippen molar-refractivity contribution >= 4 is 15.8 Å². The molecule has 7 heteroatoms. The van der Waals surface area contributed by atoms with E-state index >= 15 is 0 Å². The highest BCUT2D eigenvalue weighted by Crippen LogP contribution is 2.22. The van der Waals surface area contributed by atoms with Crippen LogP contribution in [-0.4, -0.2) is 40.6 Å². The van der Waals surface area contributed by atoms with Crippen LogP contribution in [0.15, 0.2) is 36.7 Å². The van der Waals surface area contributed by atoms with Gasteiger partial charge in [0, 0.05) is 25.4 Å². The second-order valence-electron chi connectivity index (χ2n) is 5.95. The average molecular weight is 334 g/mol. The van der Waals surface area contributed by atoms with Gasteiger partial charge in [-0.25, -0.2) is 18.2 Å². The normalized spacial score (nSPS) is 19.7. The molecular formula is C16H18N2O4S. The molecule has 0 spiro atoms. The Hall–Kier alpha value is -2.15. The van der Waals surface area contributed by atoms with E-state index < -0.39 is 15.8 Å². The summed E-state index contributed by atoms with van der Waals surface area (Å²) in [6.07, 6.45) is 4.93. The lowest BCUT2D eigenvalue weighted by molar-refractivity contribution is 0.0697. The zero-order valence-corrected chi connectivity index (χ0v) is 13.4. The summed E-state index contributed by atoms with van der Waals surface area (Å²) in [5.74, 6) is 0.578. The molecule has 1 aromatic carbocycles. The zero-order chi connectivity index (χ0) is 16.4. The Morgan fingerprint density at radius 1 is 1.30 bits per heavy atom. The maximum absolute atomic E-state index is 11.6. The van der Waals surface area contributed by atoms with Gasteiger partial charge in [0.25, 0.3) is 0 Å². The topological polar surface area (TPSA) is 89.3 Å². The molecule has 1 aromatic heterocycles. The van der Waals surface area contributed by atoms with E-state index in [9.17, 15) is 13.2 Å². The van der Waals surface area contributed by atoms with E-state index in [-0.39, 0.29) is 23.0 Å². The van der Waals surface area contributed by atoms with Gasteiger partial charge >= 0.3 is 5.97 Å². The third kappa shape index (κ3) is 3.79. The first kappa shape index (κ1) is 15.7. The van der Waals surface area contributed by atoms with Crippen molar-refractivity contribution in [3.05, 3.63) is 53.6 Å². The van der Waals surface area contributed by atoms with Crippen molar-refractivity contribution in [1.82, 2.24) is 9.55 Å². The van der Waals surface area contributed by atoms with Crippen LogP contribution in [0.1, 0.15) is 28.2 Å². The molecule has 122 valence electrons. The van der Waals surface area contributed by atoms with Crippen LogP contribution < -0.4 is 0 Å². The lowest BCUT2D eigenvalue weighted by atomic mass is 10.0. The number of carboxylic acid groups (broad SMARTS) is 1. The van der Waals surface area contributed by atoms with Crippen LogP contribution in [-0.2, 0) is 22.8 Å². The first-order valence-corrected chi connectivity index (χ1v) is 9.28. The fraction of sp³-hybridized carbons (Fsp3) is 0.375. The minimum Gasteiger partial charge on any atom is -0.478 e. The van der Waals surface area contributed by atoms with Crippen molar-refractivity contribution in [3.63, 3.8) is 0 Å². The summed E-state index contributed by atoms with van der Waals surface area (Å²) in [5.41, 5.74) is 1.24. The van der Waals surface area contributed by atoms with Gasteiger partial charge in [0.1, 0.15) is 5.82 Å². The van der Waals surface area contributed by atoms with Crippen molar-refractivity contribution in [2.24, 2.45) is 5.92 Å². The molecule has 2 aromatic rings. The summed E-state index contributed by atoms with van der Waals surface area (Å²) in [6.45, 7) is 0.592. The van der Waals surface area contributed by atoms with Gasteiger partial charge in [-0.3, -0.25) is 0 Å². The summed E-state index contributed by atoms with van der Waals surface area (Å²) in [4.78, 5) is 15.2. The highest BCUT2D eigenvalue weighted by Gasteiger charge is 2.28. The summed E-state index contributed by atoms with van der Waals surface area (Å²) >= 11 is 0. The molecule has 0 saturated carbocycles. The van der Waals surface area contributed by atoms with Gasteiger partial charge in [-0.2, -0.15) is 0 Å². The Labute approximate surface area is 134 Å². The van der Waals surface area contributed by atoms with Gasteiger partial charge in [0.2, 0.25) is 0 Å². The number of rotatable bonds is 5. The number of imidazole rings is 1. The van der Waals surface area contributed by atoms with Gasteiger partial charge in [0.15, 0.2) is 9.84 Å². The van der Waals surface area contributed by atoms with Crippen LogP contribution in [0.25, 0.3) is 0 Å². The molecule has 1 atom stereocenters. The van der Waals surface area contributed by atoms with Gasteiger partial charge < -0.3 is 9.67 Å². The number of nitrogens with zero attached hydrogens (tertiary/aromatic N) is 2. The van der Waals surface area contributed by atoms with Crippen LogP contribution >= 0.6 is 0 Å². The molecule has 1 N–H and O–H groups in total. The van der Waals surface area contributed by atoms with Crippen molar-refractivity contribution < 1.29 is 18.3 Å². The van der Waals surface area contributed by atoms with E-state index in [1.807, 2.05) is 10.8 Å². The first-order chi connectivity index (χ1) is 10.9. The fourth-order valence-corrected chi connectivity index (χ4v) is 4.78. The van der Waals surface area contributed by atoms with Gasteiger partial charge in [0.05, 0.1) is 17.1 Å². The van der Waals surface area contributed by atoms with Crippen molar-refractivity contribution in [2.45, 2.75) is 19.4 Å². The quantitative estimate of drug-likeness (QED) is 0.897. The molecule has 1 unspecified atom stereocenters. The molecule has 1 aliphatic heterocycles. The van der Waals surface area contributed by atoms with Gasteiger partial charge in [-0.15, -0.1) is 0 Å². The number of aromatic nitrogens is 2. The molecule has 1 saturated heterocycles. The molecule has 6 nitrogen and oxygen atoms in total. The Bertz CT molecular complexity index is 809. The molecule has 0 radical (unpaired) electrons. The smallest absolute Gasteiger partial charge is 0.335 e. The first-order valence-electron chi connectivity index (χ1n) is 7.45. The number of sulfone groups is 1. The average Bonchev–Trinajstić information content (AvgIpc) is 3.06. The number of aromatic carboxylic acids is 1. The highest BCUT2D eigenvalue weighted by molar-refractivity contribution is 7.91. The van der Waals surface area contributed by atoms with E-state index in [0.29, 0.717) is 19.4 Å². The van der Waals surface area contributed by atoms with E-state index in [1.165, 1.54) is 0 Å². The van der Waals surface area contributed by atoms with E-state index in [1.54, 1.807) is 30.5 Å². The lowest BCUT2D eigenvalue weighted by Gasteiger charge is -2.11. The van der Waals surface area contributed by atoms with Crippen molar-refractivity contribution in [2.75, 3.05) is 11.5 Å². The maximum Gasteiger partial charge on any atom is 0.335 e. The number of hydrogen-bond acceptors (Lipinski definition) is 4. The standard InChI is InChI=1S/C16H18N2O4S/c19-16(20)14-3-1-12(2-4-14)10-18-7-6-17-15(18)9-13-5-8-23(21,22)11-13/h1-4,6-7,13H,5,8-11H2,(H,19,20). The highest BCUT2D eigenvalue weighted by atomic mass is 32.2. The molecule has 3 rings (SSSR count). The molecule has 1 aliphatic rings. The Kier molecular flexibility index (Phi) is 4.21. The van der Waals surface area contributed by atoms with Crippen LogP contribution in [0.5, 0.6) is 0 Å². The largest absolute Gasteiger partial charge is 0.478 e. The number of hydrogen-bond donors (Lipinski definition) is 1. The Balaban J connectivity index is 1.70. The zero-order valence-electron chi connectivity index (χ0n) is 12.6. The van der Waals surface area contributed by atoms with Crippen LogP contribution in [0.4, 0.5) is 0 Å². The number of carboxylic acids is 1. The third-order valence-corrected chi connectivity index (χ3v) is 5.99. The molecule has 0 aliphatic carbocycles. The molecule has 0 bridgehead atoms. The predicted molar refractivity (Wildman–Crippen MR) is 85.2 cm³/mol. The van der Waals surface area contributed by atoms with Gasteiger partial charge in [-0.05, 0) is 30.0 Å². The second-order valence-corrected chi connectivity index (χ2v) is 8.18. The minimum absolute atomic E-state index is 0.135. The molecule has 23 heavy (non-hydrogen) atoms. The van der Waals surface area contributed by atoms with Crippen LogP contribution in [0.3, 0.4) is 0 Å². The monoisotopic (exact) mass is 334 g/mol. The lowest BCUT2D eigenvalue weighted by Crippen LogP contribution is -2.12. The van der Waals surface area contributed by atoms with Crippen molar-refractivity contribution in [3.8, 4) is 0 Å². The fourth-order valence-electron chi connectivity index (χ4n) is 2.91. The Morgan fingerprint density at radius 2 is 2.04 bits per heavy atom. The van der Waals surface area contributed by atoms with Gasteiger partial charge in [-0.1, -0.05) is 12.1 Å². The summed E-state index contributed by atoms with van der Waals surface area (Å²) < 4.78 is 25.1. The van der Waals surface area contributed by atoms with Crippen LogP contribution in [0, 0.1) is 5.92 Å². The molecular weight excluding hydrogens is 316 g/mol. The predicted octanol–water partition coefficient (Wildman–Crippen LogP) is 1.61. The van der Waals surface area contributed by atoms with E-state index in [0.717, 1.165) is 11.4 Å². The number of benzene rings is 1. The Morgan fingerprint density at radius 3 is 2.65 bits per heavy atom. The molecule has 1 fully saturated rings. The number of carbonyl (C=O) groups is 1. The summed E-state index contributed by atoms with van der Waals surface area (Å²) in [7, 11) is -2.88. The van der Waals surface area contributed by atoms with E-state index in [2.05, 4.69) is 4.98 Å². The second kappa shape index (κ2) is 6.16. The van der Waals surface area contributed by atoms with Crippen molar-refractivity contribution in [1.29, 1.82) is 0 Å². The molecule has 0 amide bonds. The summed E-state index contributed by atoms with van der Waals surface area (Å²) in [5, 5.41) is 8.91. The molecule has 2 heterocycles. The van der Waals surface area contributed by atoms with E-state index in [4.69, 9.17) is 5.11 Å². The summed E-state index contributed by atoms with van der Waals surface area (Å²) in [6, 6.07) is 6.73. The maximum atomic E-state index is 11.6.